The maximum atomic E-state index is 11.6. The average molecular weight is 215 g/mol. The summed E-state index contributed by atoms with van der Waals surface area (Å²) in [6.07, 6.45) is 2.28. The van der Waals surface area contributed by atoms with Crippen LogP contribution in [0, 0.1) is 0 Å². The molecule has 0 radical (unpaired) electrons. The third kappa shape index (κ3) is 3.59. The van der Waals surface area contributed by atoms with E-state index in [4.69, 9.17) is 18.0 Å². The number of rotatable bonds is 5. The molecule has 0 aromatic rings. The van der Waals surface area contributed by atoms with E-state index < -0.39 is 0 Å². The number of nitrogens with zero attached hydrogens (tertiary/aromatic N) is 2. The number of carbonyl (C=O) groups excluding carboxylic acids is 1. The summed E-state index contributed by atoms with van der Waals surface area (Å²) in [4.78, 5) is 15.7. The number of carbonyl (C=O) groups is 1. The van der Waals surface area contributed by atoms with Crippen molar-refractivity contribution in [3.63, 3.8) is 0 Å². The molecule has 0 spiro atoms. The van der Waals surface area contributed by atoms with Gasteiger partial charge >= 0.3 is 0 Å². The zero-order valence-corrected chi connectivity index (χ0v) is 9.51. The van der Waals surface area contributed by atoms with Gasteiger partial charge in [0, 0.05) is 19.6 Å². The molecule has 1 aliphatic rings. The highest BCUT2D eigenvalue weighted by Gasteiger charge is 2.29. The fraction of sp³-hybridized carbons (Fsp3) is 0.778. The molecule has 0 unspecified atom stereocenters. The quantitative estimate of drug-likeness (QED) is 0.647. The molecule has 0 atom stereocenters. The zero-order valence-electron chi connectivity index (χ0n) is 8.69. The molecule has 4 nitrogen and oxygen atoms in total. The van der Waals surface area contributed by atoms with Crippen molar-refractivity contribution in [1.29, 1.82) is 0 Å². The standard InChI is InChI=1S/C9H17N3OS/c1-11(5-8(10)14)6-9(13)12(2)7-3-4-7/h7H,3-6H2,1-2H3,(H2,10,14). The molecule has 80 valence electrons. The van der Waals surface area contributed by atoms with E-state index in [-0.39, 0.29) is 5.91 Å². The molecular formula is C9H17N3OS. The number of hydrogen-bond donors (Lipinski definition) is 1. The molecule has 0 aromatic heterocycles. The summed E-state index contributed by atoms with van der Waals surface area (Å²) in [5.74, 6) is 0.145. The molecule has 1 saturated carbocycles. The van der Waals surface area contributed by atoms with Crippen LogP contribution in [0.15, 0.2) is 0 Å². The van der Waals surface area contributed by atoms with Gasteiger partial charge in [0.1, 0.15) is 0 Å². The van der Waals surface area contributed by atoms with Gasteiger partial charge in [-0.25, -0.2) is 0 Å². The van der Waals surface area contributed by atoms with Crippen LogP contribution >= 0.6 is 12.2 Å². The van der Waals surface area contributed by atoms with Gasteiger partial charge in [0.2, 0.25) is 5.91 Å². The van der Waals surface area contributed by atoms with Crippen molar-refractivity contribution in [2.24, 2.45) is 5.73 Å². The number of amides is 1. The highest BCUT2D eigenvalue weighted by molar-refractivity contribution is 7.80. The van der Waals surface area contributed by atoms with Crippen molar-refractivity contribution in [3.05, 3.63) is 0 Å². The largest absolute Gasteiger partial charge is 0.392 e. The van der Waals surface area contributed by atoms with Crippen LogP contribution in [0.4, 0.5) is 0 Å². The SMILES string of the molecule is CN(CC(=O)N(C)C1CC1)CC(N)=S. The Labute approximate surface area is 90.0 Å². The van der Waals surface area contributed by atoms with Crippen LogP contribution in [0.2, 0.25) is 0 Å². The van der Waals surface area contributed by atoms with Crippen LogP contribution in [0.1, 0.15) is 12.8 Å². The predicted octanol–water partition coefficient (Wildman–Crippen LogP) is -0.175. The van der Waals surface area contributed by atoms with Gasteiger partial charge in [-0.1, -0.05) is 12.2 Å². The molecule has 0 heterocycles. The van der Waals surface area contributed by atoms with Crippen molar-refractivity contribution >= 4 is 23.1 Å². The third-order valence-corrected chi connectivity index (χ3v) is 2.45. The summed E-state index contributed by atoms with van der Waals surface area (Å²) in [6, 6.07) is 0.473. The molecule has 0 bridgehead atoms. The molecule has 0 saturated heterocycles. The molecule has 5 heteroatoms. The highest BCUT2D eigenvalue weighted by atomic mass is 32.1. The third-order valence-electron chi connectivity index (χ3n) is 2.32. The van der Waals surface area contributed by atoms with Crippen molar-refractivity contribution < 1.29 is 4.79 Å². The van der Waals surface area contributed by atoms with E-state index in [2.05, 4.69) is 0 Å². The fourth-order valence-electron chi connectivity index (χ4n) is 1.33. The molecule has 1 amide bonds. The molecule has 0 aromatic carbocycles. The summed E-state index contributed by atoms with van der Waals surface area (Å²) in [5.41, 5.74) is 5.38. The van der Waals surface area contributed by atoms with Gasteiger partial charge in [0.05, 0.1) is 11.5 Å². The van der Waals surface area contributed by atoms with Gasteiger partial charge < -0.3 is 10.6 Å². The minimum atomic E-state index is 0.145. The number of likely N-dealkylation sites (N-methyl/N-ethyl adjacent to an activating group) is 2. The number of hydrogen-bond acceptors (Lipinski definition) is 3. The topological polar surface area (TPSA) is 49.6 Å². The minimum Gasteiger partial charge on any atom is -0.392 e. The molecule has 1 rings (SSSR count). The molecule has 2 N–H and O–H groups in total. The lowest BCUT2D eigenvalue weighted by molar-refractivity contribution is -0.131. The van der Waals surface area contributed by atoms with E-state index in [1.807, 2.05) is 23.9 Å². The van der Waals surface area contributed by atoms with Crippen LogP contribution in [0.5, 0.6) is 0 Å². The molecule has 0 aliphatic heterocycles. The van der Waals surface area contributed by atoms with Gasteiger partial charge in [0.15, 0.2) is 0 Å². The van der Waals surface area contributed by atoms with Gasteiger partial charge in [-0.05, 0) is 19.9 Å². The molecule has 1 aliphatic carbocycles. The van der Waals surface area contributed by atoms with E-state index >= 15 is 0 Å². The van der Waals surface area contributed by atoms with E-state index in [0.29, 0.717) is 24.1 Å². The van der Waals surface area contributed by atoms with Gasteiger partial charge in [-0.2, -0.15) is 0 Å². The summed E-state index contributed by atoms with van der Waals surface area (Å²) in [7, 11) is 3.70. The summed E-state index contributed by atoms with van der Waals surface area (Å²) in [5, 5.41) is 0. The Morgan fingerprint density at radius 3 is 2.43 bits per heavy atom. The van der Waals surface area contributed by atoms with Gasteiger partial charge in [-0.3, -0.25) is 9.69 Å². The lowest BCUT2D eigenvalue weighted by Crippen LogP contribution is -2.40. The van der Waals surface area contributed by atoms with E-state index in [1.165, 1.54) is 0 Å². The Morgan fingerprint density at radius 1 is 1.43 bits per heavy atom. The van der Waals surface area contributed by atoms with Crippen LogP contribution < -0.4 is 5.73 Å². The molecule has 1 fully saturated rings. The maximum Gasteiger partial charge on any atom is 0.236 e. The first-order valence-corrected chi connectivity index (χ1v) is 5.14. The Morgan fingerprint density at radius 2 is 2.00 bits per heavy atom. The van der Waals surface area contributed by atoms with Crippen molar-refractivity contribution in [1.82, 2.24) is 9.80 Å². The number of nitrogens with two attached hydrogens (primary N) is 1. The maximum absolute atomic E-state index is 11.6. The highest BCUT2D eigenvalue weighted by Crippen LogP contribution is 2.25. The summed E-state index contributed by atoms with van der Waals surface area (Å²) in [6.45, 7) is 0.893. The zero-order chi connectivity index (χ0) is 10.7. The Bertz CT molecular complexity index is 240. The van der Waals surface area contributed by atoms with E-state index in [9.17, 15) is 4.79 Å². The van der Waals surface area contributed by atoms with Crippen LogP contribution in [0.3, 0.4) is 0 Å². The Kier molecular flexibility index (Phi) is 3.83. The molecule has 14 heavy (non-hydrogen) atoms. The smallest absolute Gasteiger partial charge is 0.236 e. The lowest BCUT2D eigenvalue weighted by atomic mass is 10.4. The first-order valence-electron chi connectivity index (χ1n) is 4.73. The summed E-state index contributed by atoms with van der Waals surface area (Å²) >= 11 is 4.77. The van der Waals surface area contributed by atoms with E-state index in [1.54, 1.807) is 0 Å². The fourth-order valence-corrected chi connectivity index (χ4v) is 1.55. The van der Waals surface area contributed by atoms with Gasteiger partial charge in [0.25, 0.3) is 0 Å². The normalized spacial score (nSPS) is 15.6. The van der Waals surface area contributed by atoms with Gasteiger partial charge in [-0.15, -0.1) is 0 Å². The van der Waals surface area contributed by atoms with Crippen LogP contribution in [-0.4, -0.2) is 53.9 Å². The second-order valence-electron chi connectivity index (χ2n) is 3.87. The Balaban J connectivity index is 2.27. The monoisotopic (exact) mass is 215 g/mol. The minimum absolute atomic E-state index is 0.145. The van der Waals surface area contributed by atoms with Crippen LogP contribution in [0.25, 0.3) is 0 Å². The van der Waals surface area contributed by atoms with Crippen molar-refractivity contribution in [3.8, 4) is 0 Å². The average Bonchev–Trinajstić information content (AvgIpc) is 2.83. The Hall–Kier alpha value is -0.680. The first kappa shape index (κ1) is 11.4. The van der Waals surface area contributed by atoms with Crippen molar-refractivity contribution in [2.45, 2.75) is 18.9 Å². The predicted molar refractivity (Wildman–Crippen MR) is 60.1 cm³/mol. The lowest BCUT2D eigenvalue weighted by Gasteiger charge is -2.21. The molecular weight excluding hydrogens is 198 g/mol. The second-order valence-corrected chi connectivity index (χ2v) is 4.40. The second kappa shape index (κ2) is 4.70. The van der Waals surface area contributed by atoms with E-state index in [0.717, 1.165) is 12.8 Å². The summed E-state index contributed by atoms with van der Waals surface area (Å²) < 4.78 is 0. The first-order chi connectivity index (χ1) is 6.50. The van der Waals surface area contributed by atoms with Crippen LogP contribution in [-0.2, 0) is 4.79 Å². The van der Waals surface area contributed by atoms with Crippen molar-refractivity contribution in [2.75, 3.05) is 27.2 Å². The number of thiocarbonyl (C=S) groups is 1.